The van der Waals surface area contributed by atoms with Crippen molar-refractivity contribution in [1.29, 1.82) is 0 Å². The van der Waals surface area contributed by atoms with Crippen LogP contribution in [0.15, 0.2) is 11.6 Å². The van der Waals surface area contributed by atoms with Crippen molar-refractivity contribution in [3.63, 3.8) is 0 Å². The molecule has 0 spiro atoms. The van der Waals surface area contributed by atoms with Gasteiger partial charge in [-0.1, -0.05) is 26.8 Å². The zero-order valence-electron chi connectivity index (χ0n) is 7.47. The molecule has 11 heavy (non-hydrogen) atoms. The molecule has 0 heterocycles. The summed E-state index contributed by atoms with van der Waals surface area (Å²) in [6.45, 7) is 7.68. The zero-order valence-corrected chi connectivity index (χ0v) is 7.47. The van der Waals surface area contributed by atoms with E-state index in [2.05, 4.69) is 4.84 Å². The molecule has 0 radical (unpaired) electrons. The minimum atomic E-state index is -0.472. The minimum absolute atomic E-state index is 0.0156. The predicted molar refractivity (Wildman–Crippen MR) is 43.5 cm³/mol. The first-order chi connectivity index (χ1) is 4.87. The highest BCUT2D eigenvalue weighted by Gasteiger charge is 2.10. The number of carbonyl (C=O) groups excluding carboxylic acids is 1. The van der Waals surface area contributed by atoms with Gasteiger partial charge in [0.2, 0.25) is 0 Å². The maximum Gasteiger partial charge on any atom is 0.351 e. The van der Waals surface area contributed by atoms with E-state index in [0.717, 1.165) is 0 Å². The number of allylic oxidation sites excluding steroid dienone is 1. The van der Waals surface area contributed by atoms with Crippen LogP contribution in [0.1, 0.15) is 27.7 Å². The van der Waals surface area contributed by atoms with Crippen molar-refractivity contribution in [2.24, 2.45) is 11.3 Å². The van der Waals surface area contributed by atoms with Crippen molar-refractivity contribution in [3.8, 4) is 0 Å². The van der Waals surface area contributed by atoms with Gasteiger partial charge < -0.3 is 4.84 Å². The van der Waals surface area contributed by atoms with E-state index in [1.54, 1.807) is 6.92 Å². The standard InChI is InChI=1S/C8H15NO2/c1-6(7(10)11-9)5-8(2,3)4/h5H,9H2,1-4H3. The fourth-order valence-electron chi connectivity index (χ4n) is 0.801. The average Bonchev–Trinajstić information content (AvgIpc) is 1.82. The predicted octanol–water partition coefficient (Wildman–Crippen LogP) is 1.40. The Labute approximate surface area is 67.2 Å². The monoisotopic (exact) mass is 157 g/mol. The van der Waals surface area contributed by atoms with Crippen molar-refractivity contribution >= 4 is 5.97 Å². The highest BCUT2D eigenvalue weighted by molar-refractivity contribution is 5.87. The van der Waals surface area contributed by atoms with Gasteiger partial charge in [-0.25, -0.2) is 4.79 Å². The maximum atomic E-state index is 10.8. The summed E-state index contributed by atoms with van der Waals surface area (Å²) in [6, 6.07) is 0. The molecule has 0 aromatic rings. The maximum absolute atomic E-state index is 10.8. The minimum Gasteiger partial charge on any atom is -0.370 e. The van der Waals surface area contributed by atoms with Crippen LogP contribution in [0.3, 0.4) is 0 Å². The molecular formula is C8H15NO2. The zero-order chi connectivity index (χ0) is 9.07. The van der Waals surface area contributed by atoms with Crippen LogP contribution < -0.4 is 5.90 Å². The SMILES string of the molecule is CC(=CC(C)(C)C)C(=O)ON. The molecule has 0 atom stereocenters. The van der Waals surface area contributed by atoms with Crippen LogP contribution in [-0.2, 0) is 9.63 Å². The summed E-state index contributed by atoms with van der Waals surface area (Å²) in [5, 5.41) is 0. The molecule has 0 aromatic heterocycles. The van der Waals surface area contributed by atoms with Gasteiger partial charge in [0.05, 0.1) is 0 Å². The largest absolute Gasteiger partial charge is 0.370 e. The number of hydrogen-bond acceptors (Lipinski definition) is 3. The first-order valence-corrected chi connectivity index (χ1v) is 3.47. The molecule has 3 heteroatoms. The van der Waals surface area contributed by atoms with Gasteiger partial charge in [0.25, 0.3) is 0 Å². The van der Waals surface area contributed by atoms with Crippen molar-refractivity contribution in [3.05, 3.63) is 11.6 Å². The average molecular weight is 157 g/mol. The number of hydrogen-bond donors (Lipinski definition) is 1. The van der Waals surface area contributed by atoms with Crippen molar-refractivity contribution < 1.29 is 9.63 Å². The lowest BCUT2D eigenvalue weighted by atomic mass is 9.94. The second kappa shape index (κ2) is 3.53. The van der Waals surface area contributed by atoms with Crippen LogP contribution in [-0.4, -0.2) is 5.97 Å². The van der Waals surface area contributed by atoms with E-state index in [-0.39, 0.29) is 5.41 Å². The Kier molecular flexibility index (Phi) is 3.26. The van der Waals surface area contributed by atoms with E-state index >= 15 is 0 Å². The smallest absolute Gasteiger partial charge is 0.351 e. The molecule has 0 aromatic carbocycles. The molecule has 64 valence electrons. The van der Waals surface area contributed by atoms with Gasteiger partial charge in [-0.2, -0.15) is 5.90 Å². The van der Waals surface area contributed by atoms with Gasteiger partial charge in [0.15, 0.2) is 0 Å². The van der Waals surface area contributed by atoms with E-state index in [4.69, 9.17) is 5.90 Å². The molecule has 0 fully saturated rings. The molecule has 0 unspecified atom stereocenters. The Morgan fingerprint density at radius 3 is 2.18 bits per heavy atom. The van der Waals surface area contributed by atoms with E-state index in [9.17, 15) is 4.79 Å². The Hall–Kier alpha value is -0.830. The summed E-state index contributed by atoms with van der Waals surface area (Å²) in [6.07, 6.45) is 1.82. The highest BCUT2D eigenvalue weighted by Crippen LogP contribution is 2.17. The molecule has 0 rings (SSSR count). The third-order valence-electron chi connectivity index (χ3n) is 1.08. The molecule has 2 N–H and O–H groups in total. The first-order valence-electron chi connectivity index (χ1n) is 3.47. The third-order valence-corrected chi connectivity index (χ3v) is 1.08. The quantitative estimate of drug-likeness (QED) is 0.462. The van der Waals surface area contributed by atoms with Gasteiger partial charge in [-0.05, 0) is 12.3 Å². The Balaban J connectivity index is 4.34. The van der Waals surface area contributed by atoms with E-state index in [0.29, 0.717) is 5.57 Å². The summed E-state index contributed by atoms with van der Waals surface area (Å²) in [5.41, 5.74) is 0.526. The second-order valence-corrected chi connectivity index (χ2v) is 3.60. The van der Waals surface area contributed by atoms with E-state index < -0.39 is 5.97 Å². The first kappa shape index (κ1) is 10.2. The lowest BCUT2D eigenvalue weighted by Gasteiger charge is -2.12. The van der Waals surface area contributed by atoms with Gasteiger partial charge in [0, 0.05) is 5.57 Å². The van der Waals surface area contributed by atoms with Gasteiger partial charge in [0.1, 0.15) is 0 Å². The summed E-state index contributed by atoms with van der Waals surface area (Å²) in [5.74, 6) is 4.23. The number of rotatable bonds is 1. The molecule has 3 nitrogen and oxygen atoms in total. The fourth-order valence-corrected chi connectivity index (χ4v) is 0.801. The highest BCUT2D eigenvalue weighted by atomic mass is 16.7. The normalized spacial score (nSPS) is 13.0. The van der Waals surface area contributed by atoms with Crippen molar-refractivity contribution in [2.45, 2.75) is 27.7 Å². The van der Waals surface area contributed by atoms with Crippen molar-refractivity contribution in [2.75, 3.05) is 0 Å². The number of nitrogens with two attached hydrogens (primary N) is 1. The Morgan fingerprint density at radius 1 is 1.45 bits per heavy atom. The molecule has 0 saturated carbocycles. The van der Waals surface area contributed by atoms with Crippen molar-refractivity contribution in [1.82, 2.24) is 0 Å². The molecule has 0 amide bonds. The lowest BCUT2D eigenvalue weighted by Crippen LogP contribution is -2.13. The third kappa shape index (κ3) is 4.56. The van der Waals surface area contributed by atoms with Gasteiger partial charge in [-0.3, -0.25) is 0 Å². The summed E-state index contributed by atoms with van der Waals surface area (Å²) in [7, 11) is 0. The van der Waals surface area contributed by atoms with Crippen LogP contribution >= 0.6 is 0 Å². The van der Waals surface area contributed by atoms with Crippen LogP contribution in [0.5, 0.6) is 0 Å². The van der Waals surface area contributed by atoms with Crippen LogP contribution in [0.4, 0.5) is 0 Å². The van der Waals surface area contributed by atoms with E-state index in [1.165, 1.54) is 0 Å². The topological polar surface area (TPSA) is 52.3 Å². The second-order valence-electron chi connectivity index (χ2n) is 3.60. The molecule has 0 saturated heterocycles. The van der Waals surface area contributed by atoms with E-state index in [1.807, 2.05) is 26.8 Å². The molecule has 0 aliphatic heterocycles. The summed E-state index contributed by atoms with van der Waals surface area (Å²) >= 11 is 0. The summed E-state index contributed by atoms with van der Waals surface area (Å²) in [4.78, 5) is 14.8. The molecule has 0 aliphatic rings. The van der Waals surface area contributed by atoms with Crippen LogP contribution in [0.2, 0.25) is 0 Å². The Bertz CT molecular complexity index is 177. The lowest BCUT2D eigenvalue weighted by molar-refractivity contribution is -0.139. The molecule has 0 bridgehead atoms. The van der Waals surface area contributed by atoms with Gasteiger partial charge >= 0.3 is 5.97 Å². The van der Waals surface area contributed by atoms with Gasteiger partial charge in [-0.15, -0.1) is 0 Å². The van der Waals surface area contributed by atoms with Crippen LogP contribution in [0, 0.1) is 5.41 Å². The fraction of sp³-hybridized carbons (Fsp3) is 0.625. The summed E-state index contributed by atoms with van der Waals surface area (Å²) < 4.78 is 0. The molecule has 0 aliphatic carbocycles. The van der Waals surface area contributed by atoms with Crippen LogP contribution in [0.25, 0.3) is 0 Å². The molecular weight excluding hydrogens is 142 g/mol. The number of carbonyl (C=O) groups is 1. The Morgan fingerprint density at radius 2 is 1.91 bits per heavy atom.